The van der Waals surface area contributed by atoms with E-state index in [1.165, 1.54) is 0 Å². The van der Waals surface area contributed by atoms with Gasteiger partial charge in [-0.3, -0.25) is 4.90 Å². The summed E-state index contributed by atoms with van der Waals surface area (Å²) in [5.41, 5.74) is 2.12. The molecule has 5 nitrogen and oxygen atoms in total. The van der Waals surface area contributed by atoms with E-state index >= 15 is 0 Å². The molecule has 1 saturated heterocycles. The Morgan fingerprint density at radius 1 is 0.852 bits per heavy atom. The zero-order valence-corrected chi connectivity index (χ0v) is 17.2. The molecule has 3 rings (SSSR count). The largest absolute Gasteiger partial charge is 0.493 e. The average molecular weight is 411 g/mol. The number of ether oxygens (including phenoxy) is 3. The third-order valence-corrected chi connectivity index (χ3v) is 5.52. The lowest BCUT2D eigenvalue weighted by Crippen LogP contribution is -2.45. The predicted molar refractivity (Wildman–Crippen MR) is 109 cm³/mol. The van der Waals surface area contributed by atoms with Gasteiger partial charge in [0.05, 0.1) is 37.4 Å². The Bertz CT molecular complexity index is 770. The summed E-state index contributed by atoms with van der Waals surface area (Å²) < 4.78 is 16.6. The third kappa shape index (κ3) is 4.27. The van der Waals surface area contributed by atoms with Gasteiger partial charge in [-0.1, -0.05) is 29.3 Å². The number of piperazine rings is 1. The van der Waals surface area contributed by atoms with Crippen LogP contribution in [0, 0.1) is 0 Å². The van der Waals surface area contributed by atoms with Crippen LogP contribution < -0.4 is 19.5 Å². The molecule has 1 heterocycles. The molecule has 7 heteroatoms. The minimum Gasteiger partial charge on any atom is -0.493 e. The molecule has 0 amide bonds. The summed E-state index contributed by atoms with van der Waals surface area (Å²) in [7, 11) is 4.85. The highest BCUT2D eigenvalue weighted by Gasteiger charge is 2.27. The standard InChI is InChI=1S/C20H24Cl2N2O3/c1-25-17-11-14(12-18(26-2)20(17)27-3)19(24-8-6-23-7-9-24)13-4-5-15(21)16(22)10-13/h4-5,10-12,19,23H,6-9H2,1-3H3. The van der Waals surface area contributed by atoms with E-state index in [-0.39, 0.29) is 6.04 Å². The summed E-state index contributed by atoms with van der Waals surface area (Å²) in [6, 6.07) is 9.78. The van der Waals surface area contributed by atoms with Crippen molar-refractivity contribution in [3.8, 4) is 17.2 Å². The van der Waals surface area contributed by atoms with Gasteiger partial charge in [-0.25, -0.2) is 0 Å². The molecule has 27 heavy (non-hydrogen) atoms. The predicted octanol–water partition coefficient (Wildman–Crippen LogP) is 4.01. The van der Waals surface area contributed by atoms with Gasteiger partial charge in [0.2, 0.25) is 5.75 Å². The monoisotopic (exact) mass is 410 g/mol. The van der Waals surface area contributed by atoms with Crippen molar-refractivity contribution in [2.45, 2.75) is 6.04 Å². The molecule has 0 radical (unpaired) electrons. The fourth-order valence-electron chi connectivity index (χ4n) is 3.50. The third-order valence-electron chi connectivity index (χ3n) is 4.78. The summed E-state index contributed by atoms with van der Waals surface area (Å²) in [6.45, 7) is 3.70. The molecular weight excluding hydrogens is 387 g/mol. The Labute approximate surface area is 170 Å². The Morgan fingerprint density at radius 2 is 1.48 bits per heavy atom. The first-order valence-electron chi connectivity index (χ1n) is 8.78. The number of hydrogen-bond donors (Lipinski definition) is 1. The van der Waals surface area contributed by atoms with Crippen molar-refractivity contribution in [2.24, 2.45) is 0 Å². The highest BCUT2D eigenvalue weighted by Crippen LogP contribution is 2.42. The lowest BCUT2D eigenvalue weighted by Gasteiger charge is -2.36. The topological polar surface area (TPSA) is 43.0 Å². The molecule has 1 aliphatic heterocycles. The van der Waals surface area contributed by atoms with E-state index in [0.717, 1.165) is 37.3 Å². The highest BCUT2D eigenvalue weighted by atomic mass is 35.5. The summed E-state index contributed by atoms with van der Waals surface area (Å²) in [6.07, 6.45) is 0. The second-order valence-electron chi connectivity index (χ2n) is 6.32. The zero-order chi connectivity index (χ0) is 19.4. The summed E-state index contributed by atoms with van der Waals surface area (Å²) in [5, 5.41) is 4.49. The number of methoxy groups -OCH3 is 3. The van der Waals surface area contributed by atoms with E-state index in [9.17, 15) is 0 Å². The van der Waals surface area contributed by atoms with Crippen molar-refractivity contribution < 1.29 is 14.2 Å². The zero-order valence-electron chi connectivity index (χ0n) is 15.7. The number of nitrogens with one attached hydrogen (secondary N) is 1. The molecule has 1 aliphatic rings. The summed E-state index contributed by atoms with van der Waals surface area (Å²) >= 11 is 12.5. The van der Waals surface area contributed by atoms with Crippen LogP contribution >= 0.6 is 23.2 Å². The van der Waals surface area contributed by atoms with Gasteiger partial charge in [-0.15, -0.1) is 0 Å². The van der Waals surface area contributed by atoms with Gasteiger partial charge in [0.25, 0.3) is 0 Å². The highest BCUT2D eigenvalue weighted by molar-refractivity contribution is 6.42. The number of halogens is 2. The molecule has 2 aromatic rings. The van der Waals surface area contributed by atoms with Crippen molar-refractivity contribution >= 4 is 23.2 Å². The fraction of sp³-hybridized carbons (Fsp3) is 0.400. The van der Waals surface area contributed by atoms with Gasteiger partial charge in [0.1, 0.15) is 0 Å². The number of nitrogens with zero attached hydrogens (tertiary/aromatic N) is 1. The van der Waals surface area contributed by atoms with E-state index < -0.39 is 0 Å². The van der Waals surface area contributed by atoms with Crippen molar-refractivity contribution in [1.82, 2.24) is 10.2 Å². The first-order chi connectivity index (χ1) is 13.1. The Balaban J connectivity index is 2.13. The van der Waals surface area contributed by atoms with Crippen LogP contribution in [0.4, 0.5) is 0 Å². The molecule has 0 aromatic heterocycles. The first-order valence-corrected chi connectivity index (χ1v) is 9.54. The normalized spacial score (nSPS) is 16.0. The Hall–Kier alpha value is -1.66. The lowest BCUT2D eigenvalue weighted by atomic mass is 9.95. The van der Waals surface area contributed by atoms with Gasteiger partial charge < -0.3 is 19.5 Å². The number of rotatable bonds is 6. The molecule has 1 unspecified atom stereocenters. The van der Waals surface area contributed by atoms with E-state index in [2.05, 4.69) is 10.2 Å². The van der Waals surface area contributed by atoms with Gasteiger partial charge >= 0.3 is 0 Å². The second kappa shape index (κ2) is 9.02. The Morgan fingerprint density at radius 3 is 2.00 bits per heavy atom. The molecule has 1 atom stereocenters. The maximum Gasteiger partial charge on any atom is 0.203 e. The van der Waals surface area contributed by atoms with Crippen molar-refractivity contribution in [1.29, 1.82) is 0 Å². The maximum atomic E-state index is 6.32. The van der Waals surface area contributed by atoms with Gasteiger partial charge in [0, 0.05) is 26.2 Å². The second-order valence-corrected chi connectivity index (χ2v) is 7.14. The van der Waals surface area contributed by atoms with Crippen LogP contribution in [0.3, 0.4) is 0 Å². The van der Waals surface area contributed by atoms with Gasteiger partial charge in [-0.2, -0.15) is 0 Å². The number of hydrogen-bond acceptors (Lipinski definition) is 5. The van der Waals surface area contributed by atoms with Crippen LogP contribution in [-0.4, -0.2) is 52.4 Å². The molecule has 0 aliphatic carbocycles. The van der Waals surface area contributed by atoms with Gasteiger partial charge in [0.15, 0.2) is 11.5 Å². The van der Waals surface area contributed by atoms with Crippen LogP contribution in [0.25, 0.3) is 0 Å². The smallest absolute Gasteiger partial charge is 0.203 e. The number of benzene rings is 2. The van der Waals surface area contributed by atoms with E-state index in [0.29, 0.717) is 27.3 Å². The molecular formula is C20H24Cl2N2O3. The first kappa shape index (κ1) is 20.1. The van der Waals surface area contributed by atoms with Crippen LogP contribution in [0.15, 0.2) is 30.3 Å². The van der Waals surface area contributed by atoms with E-state index in [1.807, 2.05) is 30.3 Å². The van der Waals surface area contributed by atoms with Crippen LogP contribution in [-0.2, 0) is 0 Å². The van der Waals surface area contributed by atoms with Crippen LogP contribution in [0.1, 0.15) is 17.2 Å². The Kier molecular flexibility index (Phi) is 6.71. The maximum absolute atomic E-state index is 6.32. The average Bonchev–Trinajstić information content (AvgIpc) is 2.70. The van der Waals surface area contributed by atoms with Gasteiger partial charge in [-0.05, 0) is 35.4 Å². The van der Waals surface area contributed by atoms with Crippen LogP contribution in [0.5, 0.6) is 17.2 Å². The van der Waals surface area contributed by atoms with Crippen molar-refractivity contribution in [2.75, 3.05) is 47.5 Å². The van der Waals surface area contributed by atoms with E-state index in [1.54, 1.807) is 21.3 Å². The minimum absolute atomic E-state index is 0.00410. The van der Waals surface area contributed by atoms with E-state index in [4.69, 9.17) is 37.4 Å². The SMILES string of the molecule is COc1cc(C(c2ccc(Cl)c(Cl)c2)N2CCNCC2)cc(OC)c1OC. The molecule has 2 aromatic carbocycles. The summed E-state index contributed by atoms with van der Waals surface area (Å²) in [4.78, 5) is 2.41. The van der Waals surface area contributed by atoms with Crippen LogP contribution in [0.2, 0.25) is 10.0 Å². The van der Waals surface area contributed by atoms with Crippen molar-refractivity contribution in [3.05, 3.63) is 51.5 Å². The van der Waals surface area contributed by atoms with Crippen molar-refractivity contribution in [3.63, 3.8) is 0 Å². The molecule has 1 fully saturated rings. The molecule has 146 valence electrons. The fourth-order valence-corrected chi connectivity index (χ4v) is 3.80. The molecule has 0 bridgehead atoms. The summed E-state index contributed by atoms with van der Waals surface area (Å²) in [5.74, 6) is 1.84. The molecule has 0 spiro atoms. The minimum atomic E-state index is -0.00410. The quantitative estimate of drug-likeness (QED) is 0.778. The molecule has 0 saturated carbocycles. The molecule has 1 N–H and O–H groups in total. The lowest BCUT2D eigenvalue weighted by molar-refractivity contribution is 0.197.